The number of carbonyl (C=O) groups excluding carboxylic acids is 1. The van der Waals surface area contributed by atoms with Gasteiger partial charge in [-0.25, -0.2) is 0 Å². The number of Topliss-reactive ketones (excluding diaryl/α,β-unsaturated/α-hetero) is 1. The molecule has 2 heteroatoms. The van der Waals surface area contributed by atoms with Crippen LogP contribution in [-0.2, 0) is 4.79 Å². The lowest BCUT2D eigenvalue weighted by Crippen LogP contribution is -1.98. The average Bonchev–Trinajstić information content (AvgIpc) is 2.66. The first-order chi connectivity index (χ1) is 8.66. The van der Waals surface area contributed by atoms with E-state index in [4.69, 9.17) is 0 Å². The topological polar surface area (TPSA) is 37.3 Å². The van der Waals surface area contributed by atoms with E-state index in [1.807, 2.05) is 25.1 Å². The molecule has 0 bridgehead atoms. The molecule has 18 heavy (non-hydrogen) atoms. The zero-order valence-corrected chi connectivity index (χ0v) is 10.2. The van der Waals surface area contributed by atoms with E-state index in [-0.39, 0.29) is 17.5 Å². The molecule has 0 aliphatic heterocycles. The van der Waals surface area contributed by atoms with E-state index in [0.29, 0.717) is 6.42 Å². The maximum Gasteiger partial charge on any atom is 0.197 e. The summed E-state index contributed by atoms with van der Waals surface area (Å²) in [4.78, 5) is 11.5. The number of hydrogen-bond acceptors (Lipinski definition) is 2. The van der Waals surface area contributed by atoms with Crippen molar-refractivity contribution in [3.8, 4) is 0 Å². The summed E-state index contributed by atoms with van der Waals surface area (Å²) in [6.07, 6.45) is 0.385. The summed E-state index contributed by atoms with van der Waals surface area (Å²) in [5.74, 6) is -0.166. The minimum Gasteiger partial charge on any atom is -0.504 e. The molecule has 0 heterocycles. The fourth-order valence-electron chi connectivity index (χ4n) is 2.61. The van der Waals surface area contributed by atoms with Crippen LogP contribution < -0.4 is 0 Å². The molecular weight excluding hydrogens is 224 g/mol. The lowest BCUT2D eigenvalue weighted by Gasteiger charge is -2.12. The maximum absolute atomic E-state index is 11.5. The van der Waals surface area contributed by atoms with Gasteiger partial charge in [0, 0.05) is 12.3 Å². The second kappa shape index (κ2) is 3.98. The fourth-order valence-corrected chi connectivity index (χ4v) is 2.61. The molecule has 0 saturated heterocycles. The van der Waals surface area contributed by atoms with Crippen LogP contribution >= 0.6 is 0 Å². The van der Waals surface area contributed by atoms with Gasteiger partial charge < -0.3 is 5.11 Å². The van der Waals surface area contributed by atoms with Crippen LogP contribution in [0.2, 0.25) is 0 Å². The minimum absolute atomic E-state index is 0.0297. The largest absolute Gasteiger partial charge is 0.504 e. The predicted molar refractivity (Wildman–Crippen MR) is 71.6 cm³/mol. The van der Waals surface area contributed by atoms with Gasteiger partial charge in [-0.05, 0) is 28.8 Å². The Balaban J connectivity index is 2.08. The van der Waals surface area contributed by atoms with E-state index in [1.165, 1.54) is 10.8 Å². The minimum atomic E-state index is -0.148. The molecule has 90 valence electrons. The summed E-state index contributed by atoms with van der Waals surface area (Å²) in [6.45, 7) is 1.83. The third-order valence-electron chi connectivity index (χ3n) is 3.73. The first kappa shape index (κ1) is 11.0. The van der Waals surface area contributed by atoms with Crippen LogP contribution in [0.15, 0.2) is 53.8 Å². The van der Waals surface area contributed by atoms with Crippen LogP contribution in [0.1, 0.15) is 24.8 Å². The summed E-state index contributed by atoms with van der Waals surface area (Å²) in [5.41, 5.74) is 1.89. The molecule has 2 nitrogen and oxygen atoms in total. The van der Waals surface area contributed by atoms with Crippen molar-refractivity contribution in [3.05, 3.63) is 59.4 Å². The Kier molecular flexibility index (Phi) is 2.44. The van der Waals surface area contributed by atoms with Crippen molar-refractivity contribution in [2.24, 2.45) is 0 Å². The quantitative estimate of drug-likeness (QED) is 0.822. The van der Waals surface area contributed by atoms with Crippen LogP contribution in [0, 0.1) is 0 Å². The lowest BCUT2D eigenvalue weighted by atomic mass is 9.91. The van der Waals surface area contributed by atoms with E-state index < -0.39 is 0 Å². The summed E-state index contributed by atoms with van der Waals surface area (Å²) < 4.78 is 0. The molecule has 0 spiro atoms. The zero-order valence-electron chi connectivity index (χ0n) is 10.2. The van der Waals surface area contributed by atoms with Gasteiger partial charge in [0.05, 0.1) is 0 Å². The van der Waals surface area contributed by atoms with E-state index in [2.05, 4.69) is 24.3 Å². The molecule has 0 fully saturated rings. The molecule has 1 atom stereocenters. The van der Waals surface area contributed by atoms with Gasteiger partial charge in [-0.2, -0.15) is 0 Å². The van der Waals surface area contributed by atoms with E-state index >= 15 is 0 Å². The van der Waals surface area contributed by atoms with Crippen molar-refractivity contribution >= 4 is 16.6 Å². The molecule has 0 radical (unpaired) electrons. The Hall–Kier alpha value is -2.09. The standard InChI is InChI=1S/C16H14O2/c1-10-14(9-15(17)16(10)18)13-7-6-11-4-2-3-5-12(11)8-13/h2-8,14,18H,9H2,1H3/t14-/m0/s1. The van der Waals surface area contributed by atoms with Gasteiger partial charge in [0.1, 0.15) is 0 Å². The van der Waals surface area contributed by atoms with Crippen molar-refractivity contribution in [1.29, 1.82) is 0 Å². The Morgan fingerprint density at radius 3 is 2.50 bits per heavy atom. The van der Waals surface area contributed by atoms with Crippen LogP contribution in [0.3, 0.4) is 0 Å². The highest BCUT2D eigenvalue weighted by atomic mass is 16.3. The third kappa shape index (κ3) is 1.61. The molecule has 1 N–H and O–H groups in total. The van der Waals surface area contributed by atoms with E-state index in [0.717, 1.165) is 11.1 Å². The number of fused-ring (bicyclic) bond motifs is 1. The fraction of sp³-hybridized carbons (Fsp3) is 0.188. The predicted octanol–water partition coefficient (Wildman–Crippen LogP) is 3.73. The molecule has 3 rings (SSSR count). The van der Waals surface area contributed by atoms with Gasteiger partial charge in [0.25, 0.3) is 0 Å². The molecular formula is C16H14O2. The highest BCUT2D eigenvalue weighted by Gasteiger charge is 2.30. The van der Waals surface area contributed by atoms with Crippen LogP contribution in [-0.4, -0.2) is 10.9 Å². The molecule has 0 unspecified atom stereocenters. The van der Waals surface area contributed by atoms with E-state index in [9.17, 15) is 9.90 Å². The third-order valence-corrected chi connectivity index (χ3v) is 3.73. The number of rotatable bonds is 1. The van der Waals surface area contributed by atoms with Crippen molar-refractivity contribution in [3.63, 3.8) is 0 Å². The highest BCUT2D eigenvalue weighted by molar-refractivity contribution is 5.98. The van der Waals surface area contributed by atoms with Crippen molar-refractivity contribution < 1.29 is 9.90 Å². The maximum atomic E-state index is 11.5. The van der Waals surface area contributed by atoms with Gasteiger partial charge in [0.15, 0.2) is 11.5 Å². The Labute approximate surface area is 106 Å². The molecule has 0 aromatic heterocycles. The zero-order chi connectivity index (χ0) is 12.7. The Morgan fingerprint density at radius 1 is 1.11 bits per heavy atom. The number of aliphatic hydroxyl groups is 1. The molecule has 0 amide bonds. The van der Waals surface area contributed by atoms with Gasteiger partial charge in [0.2, 0.25) is 0 Å². The van der Waals surface area contributed by atoms with Gasteiger partial charge in [-0.1, -0.05) is 42.5 Å². The molecule has 0 saturated carbocycles. The normalized spacial score (nSPS) is 19.8. The Morgan fingerprint density at radius 2 is 1.83 bits per heavy atom. The molecule has 2 aromatic rings. The van der Waals surface area contributed by atoms with Crippen LogP contribution in [0.5, 0.6) is 0 Å². The lowest BCUT2D eigenvalue weighted by molar-refractivity contribution is -0.117. The SMILES string of the molecule is CC1=C(O)C(=O)C[C@@H]1c1ccc2ccccc2c1. The van der Waals surface area contributed by atoms with E-state index in [1.54, 1.807) is 0 Å². The summed E-state index contributed by atoms with van der Waals surface area (Å²) in [6, 6.07) is 14.4. The second-order valence-electron chi connectivity index (χ2n) is 4.82. The first-order valence-electron chi connectivity index (χ1n) is 6.08. The van der Waals surface area contributed by atoms with Gasteiger partial charge in [-0.3, -0.25) is 4.79 Å². The van der Waals surface area contributed by atoms with Crippen molar-refractivity contribution in [1.82, 2.24) is 0 Å². The van der Waals surface area contributed by atoms with Crippen molar-refractivity contribution in [2.75, 3.05) is 0 Å². The first-order valence-corrected chi connectivity index (χ1v) is 6.08. The smallest absolute Gasteiger partial charge is 0.197 e. The molecule has 1 aliphatic rings. The number of benzene rings is 2. The van der Waals surface area contributed by atoms with Crippen molar-refractivity contribution in [2.45, 2.75) is 19.3 Å². The number of aliphatic hydroxyl groups excluding tert-OH is 1. The highest BCUT2D eigenvalue weighted by Crippen LogP contribution is 2.37. The average molecular weight is 238 g/mol. The number of carbonyl (C=O) groups is 1. The molecule has 2 aromatic carbocycles. The Bertz CT molecular complexity index is 668. The van der Waals surface area contributed by atoms with Gasteiger partial charge >= 0.3 is 0 Å². The molecule has 1 aliphatic carbocycles. The number of hydrogen-bond donors (Lipinski definition) is 1. The summed E-state index contributed by atoms with van der Waals surface area (Å²) in [7, 11) is 0. The van der Waals surface area contributed by atoms with Crippen LogP contribution in [0.4, 0.5) is 0 Å². The van der Waals surface area contributed by atoms with Gasteiger partial charge in [-0.15, -0.1) is 0 Å². The summed E-state index contributed by atoms with van der Waals surface area (Å²) in [5, 5.41) is 12.0. The second-order valence-corrected chi connectivity index (χ2v) is 4.82. The number of allylic oxidation sites excluding steroid dienone is 2. The van der Waals surface area contributed by atoms with Crippen LogP contribution in [0.25, 0.3) is 10.8 Å². The summed E-state index contributed by atoms with van der Waals surface area (Å²) >= 11 is 0. The number of ketones is 1. The monoisotopic (exact) mass is 238 g/mol.